The van der Waals surface area contributed by atoms with Crippen molar-refractivity contribution in [2.24, 2.45) is 0 Å². The minimum Gasteiger partial charge on any atom is -0.318 e. The van der Waals surface area contributed by atoms with Crippen LogP contribution in [0.15, 0.2) is 65.6 Å². The third-order valence-electron chi connectivity index (χ3n) is 4.81. The monoisotopic (exact) mass is 396 g/mol. The second kappa shape index (κ2) is 8.12. The summed E-state index contributed by atoms with van der Waals surface area (Å²) in [4.78, 5) is 11.5. The number of benzene rings is 2. The van der Waals surface area contributed by atoms with E-state index >= 15 is 0 Å². The van der Waals surface area contributed by atoms with E-state index in [-0.39, 0.29) is 10.7 Å². The zero-order chi connectivity index (χ0) is 20.3. The fourth-order valence-electron chi connectivity index (χ4n) is 3.33. The lowest BCUT2D eigenvalue weighted by Gasteiger charge is -2.10. The van der Waals surface area contributed by atoms with Gasteiger partial charge in [0.15, 0.2) is 5.78 Å². The van der Waals surface area contributed by atoms with E-state index in [1.54, 1.807) is 0 Å². The molecule has 0 aliphatic rings. The fourth-order valence-corrected chi connectivity index (χ4v) is 4.36. The number of nitrogens with one attached hydrogen (secondary N) is 1. The third-order valence-corrected chi connectivity index (χ3v) is 6.28. The minimum atomic E-state index is -3.61. The molecule has 0 saturated heterocycles. The van der Waals surface area contributed by atoms with Gasteiger partial charge in [-0.1, -0.05) is 30.3 Å². The molecule has 146 valence electrons. The number of hydrogen-bond donors (Lipinski definition) is 1. The Morgan fingerprint density at radius 3 is 2.25 bits per heavy atom. The first kappa shape index (κ1) is 20.0. The summed E-state index contributed by atoms with van der Waals surface area (Å²) in [5.41, 5.74) is 4.91. The summed E-state index contributed by atoms with van der Waals surface area (Å²) >= 11 is 0. The molecule has 0 unspecified atom stereocenters. The number of nitrogens with zero attached hydrogens (tertiary/aromatic N) is 1. The van der Waals surface area contributed by atoms with Crippen LogP contribution >= 0.6 is 0 Å². The van der Waals surface area contributed by atoms with E-state index in [0.29, 0.717) is 18.5 Å². The Balaban J connectivity index is 1.70. The fraction of sp³-hybridized carbons (Fsp3) is 0.227. The molecule has 6 heteroatoms. The maximum atomic E-state index is 12.5. The molecule has 1 heterocycles. The average molecular weight is 397 g/mol. The number of carbonyl (C=O) groups is 1. The van der Waals surface area contributed by atoms with Gasteiger partial charge in [0.2, 0.25) is 10.0 Å². The van der Waals surface area contributed by atoms with Gasteiger partial charge in [-0.05, 0) is 63.1 Å². The number of sulfonamides is 1. The van der Waals surface area contributed by atoms with Crippen LogP contribution in [0, 0.1) is 13.8 Å². The number of carbonyl (C=O) groups excluding carboxylic acids is 1. The van der Waals surface area contributed by atoms with Crippen LogP contribution in [-0.4, -0.2) is 25.3 Å². The Labute approximate surface area is 166 Å². The molecule has 0 saturated carbocycles. The van der Waals surface area contributed by atoms with Crippen molar-refractivity contribution >= 4 is 15.8 Å². The Bertz CT molecular complexity index is 1080. The number of para-hydroxylation sites is 1. The third kappa shape index (κ3) is 4.24. The average Bonchev–Trinajstić information content (AvgIpc) is 2.96. The molecule has 2 aromatic carbocycles. The van der Waals surface area contributed by atoms with E-state index in [2.05, 4.69) is 27.5 Å². The van der Waals surface area contributed by atoms with Gasteiger partial charge in [-0.2, -0.15) is 0 Å². The molecule has 0 aliphatic carbocycles. The quantitative estimate of drug-likeness (QED) is 0.618. The van der Waals surface area contributed by atoms with Crippen LogP contribution in [0.3, 0.4) is 0 Å². The molecule has 0 atom stereocenters. The van der Waals surface area contributed by atoms with Crippen molar-refractivity contribution in [2.75, 3.05) is 6.54 Å². The summed E-state index contributed by atoms with van der Waals surface area (Å²) in [6.07, 6.45) is 0.595. The molecule has 0 radical (unpaired) electrons. The molecular formula is C22H24N2O3S. The molecule has 3 aromatic rings. The second-order valence-corrected chi connectivity index (χ2v) is 8.56. The minimum absolute atomic E-state index is 0.0920. The molecule has 0 amide bonds. The van der Waals surface area contributed by atoms with Crippen molar-refractivity contribution in [2.45, 2.75) is 32.1 Å². The van der Waals surface area contributed by atoms with Crippen LogP contribution in [0.2, 0.25) is 0 Å². The van der Waals surface area contributed by atoms with Gasteiger partial charge in [0.25, 0.3) is 0 Å². The van der Waals surface area contributed by atoms with Gasteiger partial charge < -0.3 is 4.57 Å². The van der Waals surface area contributed by atoms with Crippen molar-refractivity contribution in [1.82, 2.24) is 9.29 Å². The van der Waals surface area contributed by atoms with Crippen molar-refractivity contribution in [3.63, 3.8) is 0 Å². The highest BCUT2D eigenvalue weighted by molar-refractivity contribution is 7.89. The van der Waals surface area contributed by atoms with Crippen LogP contribution in [0.25, 0.3) is 5.69 Å². The van der Waals surface area contributed by atoms with E-state index in [1.807, 2.05) is 32.0 Å². The highest BCUT2D eigenvalue weighted by Gasteiger charge is 2.15. The normalized spacial score (nSPS) is 11.5. The lowest BCUT2D eigenvalue weighted by Crippen LogP contribution is -2.26. The summed E-state index contributed by atoms with van der Waals surface area (Å²) in [6, 6.07) is 18.2. The maximum absolute atomic E-state index is 12.5. The summed E-state index contributed by atoms with van der Waals surface area (Å²) < 4.78 is 29.8. The first-order chi connectivity index (χ1) is 13.3. The second-order valence-electron chi connectivity index (χ2n) is 6.80. The van der Waals surface area contributed by atoms with Crippen LogP contribution in [-0.2, 0) is 16.4 Å². The number of aromatic nitrogens is 1. The largest absolute Gasteiger partial charge is 0.318 e. The van der Waals surface area contributed by atoms with Crippen molar-refractivity contribution in [3.8, 4) is 5.69 Å². The van der Waals surface area contributed by atoms with Gasteiger partial charge in [0, 0.05) is 29.2 Å². The lowest BCUT2D eigenvalue weighted by molar-refractivity contribution is 0.101. The van der Waals surface area contributed by atoms with Crippen molar-refractivity contribution < 1.29 is 13.2 Å². The lowest BCUT2D eigenvalue weighted by atomic mass is 10.2. The van der Waals surface area contributed by atoms with E-state index in [1.165, 1.54) is 31.2 Å². The van der Waals surface area contributed by atoms with E-state index in [9.17, 15) is 13.2 Å². The highest BCUT2D eigenvalue weighted by atomic mass is 32.2. The predicted octanol–water partition coefficient (Wildman–Crippen LogP) is 3.82. The Morgan fingerprint density at radius 1 is 1.00 bits per heavy atom. The molecule has 0 aliphatic heterocycles. The molecule has 28 heavy (non-hydrogen) atoms. The zero-order valence-electron chi connectivity index (χ0n) is 16.3. The van der Waals surface area contributed by atoms with Gasteiger partial charge in [-0.15, -0.1) is 0 Å². The molecule has 0 fully saturated rings. The molecule has 0 bridgehead atoms. The van der Waals surface area contributed by atoms with Crippen LogP contribution in [0.5, 0.6) is 0 Å². The van der Waals surface area contributed by atoms with Crippen molar-refractivity contribution in [3.05, 3.63) is 83.2 Å². The molecule has 0 spiro atoms. The number of hydrogen-bond acceptors (Lipinski definition) is 3. The van der Waals surface area contributed by atoms with Gasteiger partial charge in [-0.3, -0.25) is 4.79 Å². The smallest absolute Gasteiger partial charge is 0.240 e. The number of aryl methyl sites for hydroxylation is 1. The standard InChI is InChI=1S/C22H24N2O3S/c1-16-15-20(17(2)24(16)21-7-5-4-6-8-21)13-14-23-28(26,27)22-11-9-19(10-12-22)18(3)25/h4-12,15,23H,13-14H2,1-3H3. The molecule has 1 aromatic heterocycles. The number of Topliss-reactive ketones (excluding diaryl/α,β-unsaturated/α-hetero) is 1. The topological polar surface area (TPSA) is 68.2 Å². The first-order valence-corrected chi connectivity index (χ1v) is 10.6. The Morgan fingerprint density at radius 2 is 1.64 bits per heavy atom. The SMILES string of the molecule is CC(=O)c1ccc(S(=O)(=O)NCCc2cc(C)n(-c3ccccc3)c2C)cc1. The summed E-state index contributed by atoms with van der Waals surface area (Å²) in [6.45, 7) is 5.85. The summed E-state index contributed by atoms with van der Waals surface area (Å²) in [5.74, 6) is -0.0920. The van der Waals surface area contributed by atoms with E-state index < -0.39 is 10.0 Å². The van der Waals surface area contributed by atoms with E-state index in [4.69, 9.17) is 0 Å². The van der Waals surface area contributed by atoms with Gasteiger partial charge in [0.1, 0.15) is 0 Å². The number of rotatable bonds is 7. The van der Waals surface area contributed by atoms with Gasteiger partial charge in [0.05, 0.1) is 4.90 Å². The molecule has 5 nitrogen and oxygen atoms in total. The maximum Gasteiger partial charge on any atom is 0.240 e. The zero-order valence-corrected chi connectivity index (χ0v) is 17.1. The van der Waals surface area contributed by atoms with Gasteiger partial charge >= 0.3 is 0 Å². The number of ketones is 1. The molecule has 3 rings (SSSR count). The Kier molecular flexibility index (Phi) is 5.82. The Hall–Kier alpha value is -2.70. The summed E-state index contributed by atoms with van der Waals surface area (Å²) in [7, 11) is -3.61. The highest BCUT2D eigenvalue weighted by Crippen LogP contribution is 2.21. The van der Waals surface area contributed by atoms with Crippen LogP contribution in [0.4, 0.5) is 0 Å². The van der Waals surface area contributed by atoms with Crippen LogP contribution < -0.4 is 4.72 Å². The van der Waals surface area contributed by atoms with Crippen LogP contribution in [0.1, 0.15) is 34.2 Å². The molecular weight excluding hydrogens is 372 g/mol. The predicted molar refractivity (Wildman–Crippen MR) is 111 cm³/mol. The molecule has 1 N–H and O–H groups in total. The first-order valence-electron chi connectivity index (χ1n) is 9.13. The summed E-state index contributed by atoms with van der Waals surface area (Å²) in [5, 5.41) is 0. The van der Waals surface area contributed by atoms with Gasteiger partial charge in [-0.25, -0.2) is 13.1 Å². The van der Waals surface area contributed by atoms with Crippen molar-refractivity contribution in [1.29, 1.82) is 0 Å². The van der Waals surface area contributed by atoms with E-state index in [0.717, 1.165) is 22.6 Å².